The van der Waals surface area contributed by atoms with Gasteiger partial charge < -0.3 is 25.0 Å². The van der Waals surface area contributed by atoms with Crippen LogP contribution < -0.4 is 10.6 Å². The summed E-state index contributed by atoms with van der Waals surface area (Å²) in [4.78, 5) is 64.9. The Labute approximate surface area is 204 Å². The molecule has 2 aliphatic rings. The fourth-order valence-corrected chi connectivity index (χ4v) is 4.81. The van der Waals surface area contributed by atoms with Crippen molar-refractivity contribution >= 4 is 35.3 Å². The summed E-state index contributed by atoms with van der Waals surface area (Å²) in [6.07, 6.45) is 3.55. The Morgan fingerprint density at radius 1 is 1.03 bits per heavy atom. The number of rotatable bonds is 7. The van der Waals surface area contributed by atoms with Crippen LogP contribution in [0.4, 0.5) is 5.69 Å². The molecule has 0 radical (unpaired) electrons. The van der Waals surface area contributed by atoms with Gasteiger partial charge >= 0.3 is 11.9 Å². The lowest BCUT2D eigenvalue weighted by Crippen LogP contribution is -2.68. The van der Waals surface area contributed by atoms with E-state index in [2.05, 4.69) is 10.6 Å². The minimum absolute atomic E-state index is 0.0555. The molecule has 3 amide bonds. The third-order valence-corrected chi connectivity index (χ3v) is 6.36. The van der Waals surface area contributed by atoms with Crippen molar-refractivity contribution in [3.8, 4) is 0 Å². The van der Waals surface area contributed by atoms with E-state index >= 15 is 0 Å². The normalized spacial score (nSPS) is 21.6. The molecule has 2 N–H and O–H groups in total. The van der Waals surface area contributed by atoms with Gasteiger partial charge in [-0.3, -0.25) is 14.4 Å². The summed E-state index contributed by atoms with van der Waals surface area (Å²) < 4.78 is 9.44. The van der Waals surface area contributed by atoms with Crippen LogP contribution in [0.25, 0.3) is 0 Å². The van der Waals surface area contributed by atoms with Crippen LogP contribution in [0.5, 0.6) is 0 Å². The second-order valence-electron chi connectivity index (χ2n) is 9.42. The molecular weight excluding hydrogens is 454 g/mol. The number of esters is 2. The van der Waals surface area contributed by atoms with Crippen molar-refractivity contribution in [1.82, 2.24) is 10.2 Å². The zero-order valence-electron chi connectivity index (χ0n) is 20.6. The van der Waals surface area contributed by atoms with E-state index in [0.717, 1.165) is 25.7 Å². The van der Waals surface area contributed by atoms with Crippen molar-refractivity contribution in [2.75, 3.05) is 19.5 Å². The van der Waals surface area contributed by atoms with E-state index in [-0.39, 0.29) is 59.5 Å². The van der Waals surface area contributed by atoms with Gasteiger partial charge in [0.2, 0.25) is 17.7 Å². The highest BCUT2D eigenvalue weighted by molar-refractivity contribution is 6.01. The maximum atomic E-state index is 13.2. The van der Waals surface area contributed by atoms with Crippen LogP contribution in [0.15, 0.2) is 18.2 Å². The van der Waals surface area contributed by atoms with Gasteiger partial charge in [-0.1, -0.05) is 26.7 Å². The molecule has 1 aromatic rings. The van der Waals surface area contributed by atoms with Gasteiger partial charge in [-0.2, -0.15) is 0 Å². The number of carbonyl (C=O) groups excluding carboxylic acids is 5. The van der Waals surface area contributed by atoms with Gasteiger partial charge in [-0.25, -0.2) is 9.59 Å². The maximum absolute atomic E-state index is 13.2. The van der Waals surface area contributed by atoms with Crippen LogP contribution in [0, 0.1) is 5.92 Å². The molecule has 0 spiro atoms. The summed E-state index contributed by atoms with van der Waals surface area (Å²) >= 11 is 0. The minimum atomic E-state index is -0.940. The Kier molecular flexibility index (Phi) is 8.48. The monoisotopic (exact) mass is 487 g/mol. The molecule has 0 bridgehead atoms. The first-order chi connectivity index (χ1) is 16.6. The average molecular weight is 488 g/mol. The van der Waals surface area contributed by atoms with Gasteiger partial charge in [0.15, 0.2) is 0 Å². The lowest BCUT2D eigenvalue weighted by atomic mass is 9.84. The quantitative estimate of drug-likeness (QED) is 0.564. The average Bonchev–Trinajstić information content (AvgIpc) is 2.82. The van der Waals surface area contributed by atoms with Gasteiger partial charge in [0, 0.05) is 18.2 Å². The van der Waals surface area contributed by atoms with Gasteiger partial charge in [-0.15, -0.1) is 0 Å². The Morgan fingerprint density at radius 3 is 2.20 bits per heavy atom. The number of piperazine rings is 1. The molecule has 1 saturated heterocycles. The minimum Gasteiger partial charge on any atom is -0.465 e. The number of ether oxygens (including phenoxy) is 2. The van der Waals surface area contributed by atoms with Crippen molar-refractivity contribution < 1.29 is 33.4 Å². The molecule has 0 aromatic heterocycles. The second kappa shape index (κ2) is 11.3. The molecule has 35 heavy (non-hydrogen) atoms. The highest BCUT2D eigenvalue weighted by Crippen LogP contribution is 2.31. The number of methoxy groups -OCH3 is 2. The summed E-state index contributed by atoms with van der Waals surface area (Å²) in [6.45, 7) is 3.88. The molecule has 1 aliphatic heterocycles. The van der Waals surface area contributed by atoms with E-state index in [9.17, 15) is 24.0 Å². The molecule has 1 saturated carbocycles. The molecule has 1 aliphatic carbocycles. The molecule has 3 rings (SSSR count). The summed E-state index contributed by atoms with van der Waals surface area (Å²) in [5.74, 6) is -2.27. The van der Waals surface area contributed by atoms with Crippen LogP contribution in [0.3, 0.4) is 0 Å². The van der Waals surface area contributed by atoms with Crippen LogP contribution >= 0.6 is 0 Å². The standard InChI is InChI=1S/C25H33N3O7/c1-14(2)9-22(30)28-19-8-6-5-7-18(19)27-23(31)20(28)13-21(29)26-17-11-15(24(32)34-3)10-16(12-17)25(33)35-4/h10-12,14,18-20H,5-9,13H2,1-4H3,(H,26,29)(H,27,31). The molecule has 1 heterocycles. The lowest BCUT2D eigenvalue weighted by Gasteiger charge is -2.48. The third-order valence-electron chi connectivity index (χ3n) is 6.36. The second-order valence-corrected chi connectivity index (χ2v) is 9.42. The highest BCUT2D eigenvalue weighted by atomic mass is 16.5. The number of anilines is 1. The number of amides is 3. The molecule has 3 unspecified atom stereocenters. The van der Waals surface area contributed by atoms with Gasteiger partial charge in [0.05, 0.1) is 37.8 Å². The molecule has 2 fully saturated rings. The topological polar surface area (TPSA) is 131 Å². The van der Waals surface area contributed by atoms with Crippen LogP contribution in [-0.2, 0) is 23.9 Å². The summed E-state index contributed by atoms with van der Waals surface area (Å²) in [5, 5.41) is 5.65. The number of hydrogen-bond acceptors (Lipinski definition) is 7. The Morgan fingerprint density at radius 2 is 1.63 bits per heavy atom. The van der Waals surface area contributed by atoms with Crippen molar-refractivity contribution in [3.05, 3.63) is 29.3 Å². The third kappa shape index (κ3) is 6.17. The zero-order chi connectivity index (χ0) is 25.7. The zero-order valence-corrected chi connectivity index (χ0v) is 20.6. The van der Waals surface area contributed by atoms with Crippen LogP contribution in [0.2, 0.25) is 0 Å². The van der Waals surface area contributed by atoms with Gasteiger partial charge in [0.1, 0.15) is 6.04 Å². The number of nitrogens with zero attached hydrogens (tertiary/aromatic N) is 1. The molecule has 10 heteroatoms. The number of benzene rings is 1. The number of carbonyl (C=O) groups is 5. The summed E-state index contributed by atoms with van der Waals surface area (Å²) in [7, 11) is 2.41. The van der Waals surface area contributed by atoms with Gasteiger partial charge in [-0.05, 0) is 37.0 Å². The van der Waals surface area contributed by atoms with Crippen molar-refractivity contribution in [1.29, 1.82) is 0 Å². The van der Waals surface area contributed by atoms with E-state index in [1.165, 1.54) is 32.4 Å². The first kappa shape index (κ1) is 26.2. The van der Waals surface area contributed by atoms with E-state index < -0.39 is 23.9 Å². The van der Waals surface area contributed by atoms with Crippen LogP contribution in [-0.4, -0.2) is 66.9 Å². The van der Waals surface area contributed by atoms with Crippen LogP contribution in [0.1, 0.15) is 73.1 Å². The molecule has 190 valence electrons. The maximum Gasteiger partial charge on any atom is 0.337 e. The van der Waals surface area contributed by atoms with Crippen molar-refractivity contribution in [3.63, 3.8) is 0 Å². The predicted octanol–water partition coefficient (Wildman–Crippen LogP) is 2.27. The number of hydrogen-bond donors (Lipinski definition) is 2. The molecular formula is C25H33N3O7. The van der Waals surface area contributed by atoms with Crippen molar-refractivity contribution in [2.24, 2.45) is 5.92 Å². The van der Waals surface area contributed by atoms with E-state index in [1.54, 1.807) is 4.90 Å². The first-order valence-electron chi connectivity index (χ1n) is 11.9. The van der Waals surface area contributed by atoms with Gasteiger partial charge in [0.25, 0.3) is 0 Å². The Hall–Kier alpha value is -3.43. The highest BCUT2D eigenvalue weighted by Gasteiger charge is 2.45. The fraction of sp³-hybridized carbons (Fsp3) is 0.560. The lowest BCUT2D eigenvalue weighted by molar-refractivity contribution is -0.152. The Balaban J connectivity index is 1.84. The van der Waals surface area contributed by atoms with E-state index in [4.69, 9.17) is 9.47 Å². The van der Waals surface area contributed by atoms with E-state index in [0.29, 0.717) is 0 Å². The predicted molar refractivity (Wildman–Crippen MR) is 127 cm³/mol. The Bertz CT molecular complexity index is 973. The summed E-state index contributed by atoms with van der Waals surface area (Å²) in [6, 6.07) is 2.86. The summed E-state index contributed by atoms with van der Waals surface area (Å²) in [5.41, 5.74) is 0.282. The molecule has 3 atom stereocenters. The largest absolute Gasteiger partial charge is 0.465 e. The molecule has 1 aromatic carbocycles. The van der Waals surface area contributed by atoms with Crippen molar-refractivity contribution in [2.45, 2.75) is 70.5 Å². The SMILES string of the molecule is COC(=O)c1cc(NC(=O)CC2C(=O)NC3CCCCC3N2C(=O)CC(C)C)cc(C(=O)OC)c1. The fourth-order valence-electron chi connectivity index (χ4n) is 4.81. The molecule has 10 nitrogen and oxygen atoms in total. The van der Waals surface area contributed by atoms with E-state index in [1.807, 2.05) is 13.8 Å². The number of nitrogens with one attached hydrogen (secondary N) is 2. The first-order valence-corrected chi connectivity index (χ1v) is 11.9. The smallest absolute Gasteiger partial charge is 0.337 e. The number of fused-ring (bicyclic) bond motifs is 1.